The molecule has 0 aromatic carbocycles. The summed E-state index contributed by atoms with van der Waals surface area (Å²) in [5.74, 6) is -0.669. The van der Waals surface area contributed by atoms with E-state index in [1.54, 1.807) is 13.8 Å². The van der Waals surface area contributed by atoms with E-state index in [9.17, 15) is 4.79 Å². The minimum atomic E-state index is -0.669. The van der Waals surface area contributed by atoms with E-state index in [0.717, 1.165) is 6.29 Å². The highest BCUT2D eigenvalue weighted by Crippen LogP contribution is 2.38. The van der Waals surface area contributed by atoms with Crippen LogP contribution in [0.5, 0.6) is 0 Å². The zero-order chi connectivity index (χ0) is 10.3. The molecule has 80 valence electrons. The Morgan fingerprint density at radius 3 is 2.50 bits per heavy atom. The first-order valence-electron chi connectivity index (χ1n) is 4.56. The third-order valence-corrected chi connectivity index (χ3v) is 2.41. The van der Waals surface area contributed by atoms with Crippen molar-refractivity contribution in [3.05, 3.63) is 0 Å². The molecule has 0 saturated carbocycles. The Hall–Kier alpha value is -0.490. The Morgan fingerprint density at radius 2 is 1.93 bits per heavy atom. The van der Waals surface area contributed by atoms with Gasteiger partial charge >= 0.3 is 0 Å². The maximum absolute atomic E-state index is 10.7. The number of fused-ring (bicyclic) bond motifs is 1. The van der Waals surface area contributed by atoms with E-state index in [0.29, 0.717) is 0 Å². The zero-order valence-corrected chi connectivity index (χ0v) is 8.43. The van der Waals surface area contributed by atoms with Crippen LogP contribution in [0.15, 0.2) is 0 Å². The summed E-state index contributed by atoms with van der Waals surface area (Å²) in [6.45, 7) is 3.61. The van der Waals surface area contributed by atoms with Crippen LogP contribution >= 0.6 is 0 Å². The Morgan fingerprint density at radius 1 is 1.29 bits per heavy atom. The van der Waals surface area contributed by atoms with Crippen LogP contribution in [0.25, 0.3) is 0 Å². The summed E-state index contributed by atoms with van der Waals surface area (Å²) in [5.41, 5.74) is 0. The number of aldehydes is 1. The molecule has 5 heteroatoms. The van der Waals surface area contributed by atoms with E-state index in [1.165, 1.54) is 7.11 Å². The van der Waals surface area contributed by atoms with E-state index in [1.807, 2.05) is 0 Å². The SMILES string of the molecule is COC1O[C@@H](C=O)[C@H]2OC(C)(C)O[C@@H]12. The fourth-order valence-electron chi connectivity index (χ4n) is 1.89. The first-order valence-corrected chi connectivity index (χ1v) is 4.56. The highest BCUT2D eigenvalue weighted by molar-refractivity contribution is 5.58. The molecular formula is C9H14O5. The average molecular weight is 202 g/mol. The van der Waals surface area contributed by atoms with Gasteiger partial charge in [0, 0.05) is 7.11 Å². The molecule has 2 aliphatic rings. The van der Waals surface area contributed by atoms with Gasteiger partial charge in [-0.15, -0.1) is 0 Å². The highest BCUT2D eigenvalue weighted by Gasteiger charge is 2.55. The molecule has 0 radical (unpaired) electrons. The number of carbonyl (C=O) groups excluding carboxylic acids is 1. The van der Waals surface area contributed by atoms with Gasteiger partial charge in [-0.2, -0.15) is 0 Å². The lowest BCUT2D eigenvalue weighted by molar-refractivity contribution is -0.223. The number of ether oxygens (including phenoxy) is 4. The predicted octanol–water partition coefficient (Wildman–Crippen LogP) is 0.0767. The fraction of sp³-hybridized carbons (Fsp3) is 0.889. The molecule has 4 atom stereocenters. The summed E-state index contributed by atoms with van der Waals surface area (Å²) in [6, 6.07) is 0. The molecule has 0 spiro atoms. The summed E-state index contributed by atoms with van der Waals surface area (Å²) >= 11 is 0. The van der Waals surface area contributed by atoms with Gasteiger partial charge in [0.05, 0.1) is 0 Å². The molecule has 0 amide bonds. The van der Waals surface area contributed by atoms with Crippen LogP contribution < -0.4 is 0 Å². The molecule has 0 aromatic rings. The normalized spacial score (nSPS) is 45.1. The second-order valence-electron chi connectivity index (χ2n) is 3.91. The van der Waals surface area contributed by atoms with Crippen LogP contribution in [0.2, 0.25) is 0 Å². The molecule has 5 nitrogen and oxygen atoms in total. The predicted molar refractivity (Wildman–Crippen MR) is 45.6 cm³/mol. The second kappa shape index (κ2) is 3.27. The van der Waals surface area contributed by atoms with Gasteiger partial charge in [0.25, 0.3) is 0 Å². The van der Waals surface area contributed by atoms with Crippen molar-refractivity contribution in [1.82, 2.24) is 0 Å². The minimum Gasteiger partial charge on any atom is -0.353 e. The van der Waals surface area contributed by atoms with Crippen LogP contribution in [-0.4, -0.2) is 43.8 Å². The van der Waals surface area contributed by atoms with Crippen LogP contribution in [0.4, 0.5) is 0 Å². The summed E-state index contributed by atoms with van der Waals surface area (Å²) < 4.78 is 21.5. The van der Waals surface area contributed by atoms with Crippen molar-refractivity contribution in [3.8, 4) is 0 Å². The van der Waals surface area contributed by atoms with Gasteiger partial charge in [-0.1, -0.05) is 0 Å². The molecule has 2 saturated heterocycles. The first-order chi connectivity index (χ1) is 6.57. The third kappa shape index (κ3) is 1.46. The Labute approximate surface area is 82.3 Å². The molecule has 2 heterocycles. The van der Waals surface area contributed by atoms with Gasteiger partial charge in [0.1, 0.15) is 18.3 Å². The maximum Gasteiger partial charge on any atom is 0.187 e. The number of hydrogen-bond donors (Lipinski definition) is 0. The molecule has 0 aromatic heterocycles. The second-order valence-corrected chi connectivity index (χ2v) is 3.91. The van der Waals surface area contributed by atoms with Crippen molar-refractivity contribution in [3.63, 3.8) is 0 Å². The summed E-state index contributed by atoms with van der Waals surface area (Å²) in [4.78, 5) is 10.7. The van der Waals surface area contributed by atoms with E-state index >= 15 is 0 Å². The summed E-state index contributed by atoms with van der Waals surface area (Å²) in [6.07, 6.45) is -1.05. The van der Waals surface area contributed by atoms with Gasteiger partial charge < -0.3 is 23.7 Å². The van der Waals surface area contributed by atoms with Crippen LogP contribution in [0, 0.1) is 0 Å². The monoisotopic (exact) mass is 202 g/mol. The lowest BCUT2D eigenvalue weighted by atomic mass is 10.1. The molecule has 0 bridgehead atoms. The van der Waals surface area contributed by atoms with E-state index in [2.05, 4.69) is 0 Å². The molecule has 2 rings (SSSR count). The molecule has 0 aliphatic carbocycles. The summed E-state index contributed by atoms with van der Waals surface area (Å²) in [7, 11) is 1.52. The van der Waals surface area contributed by atoms with Crippen molar-refractivity contribution < 1.29 is 23.7 Å². The fourth-order valence-corrected chi connectivity index (χ4v) is 1.89. The van der Waals surface area contributed by atoms with Crippen molar-refractivity contribution in [1.29, 1.82) is 0 Å². The van der Waals surface area contributed by atoms with E-state index in [4.69, 9.17) is 18.9 Å². The number of hydrogen-bond acceptors (Lipinski definition) is 5. The topological polar surface area (TPSA) is 54.0 Å². The molecule has 2 aliphatic heterocycles. The molecular weight excluding hydrogens is 188 g/mol. The minimum absolute atomic E-state index is 0.315. The smallest absolute Gasteiger partial charge is 0.187 e. The van der Waals surface area contributed by atoms with Crippen LogP contribution in [-0.2, 0) is 23.7 Å². The van der Waals surface area contributed by atoms with Gasteiger partial charge in [0.2, 0.25) is 0 Å². The lowest BCUT2D eigenvalue weighted by Gasteiger charge is -2.21. The summed E-state index contributed by atoms with van der Waals surface area (Å²) in [5, 5.41) is 0. The van der Waals surface area contributed by atoms with Crippen molar-refractivity contribution in [2.75, 3.05) is 7.11 Å². The van der Waals surface area contributed by atoms with Gasteiger partial charge in [0.15, 0.2) is 18.4 Å². The Bertz CT molecular complexity index is 239. The highest BCUT2D eigenvalue weighted by atomic mass is 16.8. The average Bonchev–Trinajstić information content (AvgIpc) is 2.57. The maximum atomic E-state index is 10.7. The molecule has 2 fully saturated rings. The van der Waals surface area contributed by atoms with Crippen molar-refractivity contribution in [2.45, 2.75) is 44.2 Å². The number of rotatable bonds is 2. The first kappa shape index (κ1) is 10.0. The third-order valence-electron chi connectivity index (χ3n) is 2.41. The standard InChI is InChI=1S/C9H14O5/c1-9(2)13-6-5(4-10)12-8(11-3)7(6)14-9/h4-8H,1-3H3/t5-,6+,7+,8?/m0/s1. The lowest BCUT2D eigenvalue weighted by Crippen LogP contribution is -2.30. The van der Waals surface area contributed by atoms with E-state index < -0.39 is 18.2 Å². The largest absolute Gasteiger partial charge is 0.353 e. The Kier molecular flexibility index (Phi) is 2.35. The van der Waals surface area contributed by atoms with E-state index in [-0.39, 0.29) is 12.2 Å². The van der Waals surface area contributed by atoms with Crippen molar-refractivity contribution >= 4 is 6.29 Å². The van der Waals surface area contributed by atoms with Gasteiger partial charge in [-0.05, 0) is 13.8 Å². The molecule has 14 heavy (non-hydrogen) atoms. The van der Waals surface area contributed by atoms with Gasteiger partial charge in [-0.3, -0.25) is 0 Å². The van der Waals surface area contributed by atoms with Crippen molar-refractivity contribution in [2.24, 2.45) is 0 Å². The molecule has 1 unspecified atom stereocenters. The molecule has 0 N–H and O–H groups in total. The van der Waals surface area contributed by atoms with Crippen LogP contribution in [0.3, 0.4) is 0 Å². The quantitative estimate of drug-likeness (QED) is 0.593. The Balaban J connectivity index is 2.16. The zero-order valence-electron chi connectivity index (χ0n) is 8.43. The van der Waals surface area contributed by atoms with Gasteiger partial charge in [-0.25, -0.2) is 0 Å². The number of methoxy groups -OCH3 is 1. The van der Waals surface area contributed by atoms with Crippen LogP contribution in [0.1, 0.15) is 13.8 Å². The number of carbonyl (C=O) groups is 1.